The lowest BCUT2D eigenvalue weighted by Crippen LogP contribution is -2.32. The zero-order chi connectivity index (χ0) is 19.2. The first-order valence-corrected chi connectivity index (χ1v) is 8.49. The molecule has 0 spiro atoms. The van der Waals surface area contributed by atoms with Gasteiger partial charge in [0.1, 0.15) is 5.75 Å². The second-order valence-corrected chi connectivity index (χ2v) is 5.94. The Hall–Kier alpha value is -2.87. The standard InChI is InChI=1S/C19H20F2N2O4/c1-2-23(10-13-3-8-16-17(9-13)26-12-25-16)11-18(24)22-14-4-6-15(7-5-14)27-19(20)21/h3-9,19H,2,10-12H2,1H3,(H,22,24). The van der Waals surface area contributed by atoms with Crippen LogP contribution in [-0.4, -0.2) is 37.3 Å². The van der Waals surface area contributed by atoms with E-state index in [4.69, 9.17) is 9.47 Å². The average Bonchev–Trinajstić information content (AvgIpc) is 3.10. The summed E-state index contributed by atoms with van der Waals surface area (Å²) < 4.78 is 39.3. The van der Waals surface area contributed by atoms with Crippen LogP contribution in [0.25, 0.3) is 0 Å². The summed E-state index contributed by atoms with van der Waals surface area (Å²) in [6.45, 7) is 0.779. The van der Waals surface area contributed by atoms with Gasteiger partial charge in [0.2, 0.25) is 12.7 Å². The predicted octanol–water partition coefficient (Wildman–Crippen LogP) is 3.48. The van der Waals surface area contributed by atoms with Gasteiger partial charge in [-0.05, 0) is 48.5 Å². The number of fused-ring (bicyclic) bond motifs is 1. The third-order valence-electron chi connectivity index (χ3n) is 4.02. The van der Waals surface area contributed by atoms with Gasteiger partial charge < -0.3 is 19.5 Å². The third-order valence-corrected chi connectivity index (χ3v) is 4.02. The van der Waals surface area contributed by atoms with Crippen LogP contribution in [0.2, 0.25) is 0 Å². The fourth-order valence-electron chi connectivity index (χ4n) is 2.70. The molecule has 0 fully saturated rings. The number of carbonyl (C=O) groups is 1. The van der Waals surface area contributed by atoms with Gasteiger partial charge in [0, 0.05) is 12.2 Å². The fraction of sp³-hybridized carbons (Fsp3) is 0.316. The van der Waals surface area contributed by atoms with Crippen molar-refractivity contribution in [1.82, 2.24) is 4.90 Å². The van der Waals surface area contributed by atoms with E-state index in [1.165, 1.54) is 24.3 Å². The van der Waals surface area contributed by atoms with E-state index >= 15 is 0 Å². The molecule has 0 unspecified atom stereocenters. The molecular weight excluding hydrogens is 358 g/mol. The molecule has 2 aromatic carbocycles. The Labute approximate surface area is 155 Å². The summed E-state index contributed by atoms with van der Waals surface area (Å²) in [4.78, 5) is 14.2. The molecule has 6 nitrogen and oxygen atoms in total. The Morgan fingerprint density at radius 1 is 1.19 bits per heavy atom. The quantitative estimate of drug-likeness (QED) is 0.762. The smallest absolute Gasteiger partial charge is 0.387 e. The van der Waals surface area contributed by atoms with Crippen molar-refractivity contribution in [2.24, 2.45) is 0 Å². The summed E-state index contributed by atoms with van der Waals surface area (Å²) in [5.41, 5.74) is 1.53. The van der Waals surface area contributed by atoms with Crippen molar-refractivity contribution in [2.45, 2.75) is 20.1 Å². The lowest BCUT2D eigenvalue weighted by atomic mass is 10.2. The van der Waals surface area contributed by atoms with Gasteiger partial charge in [0.15, 0.2) is 11.5 Å². The van der Waals surface area contributed by atoms with Crippen LogP contribution in [0.3, 0.4) is 0 Å². The van der Waals surface area contributed by atoms with E-state index in [0.717, 1.165) is 11.3 Å². The molecule has 1 amide bonds. The van der Waals surface area contributed by atoms with E-state index in [1.807, 2.05) is 30.0 Å². The molecule has 3 rings (SSSR count). The van der Waals surface area contributed by atoms with Gasteiger partial charge in [0.25, 0.3) is 0 Å². The molecule has 144 valence electrons. The molecule has 1 aliphatic rings. The molecule has 0 bridgehead atoms. The van der Waals surface area contributed by atoms with Crippen LogP contribution in [0, 0.1) is 0 Å². The summed E-state index contributed by atoms with van der Waals surface area (Å²) in [5.74, 6) is 1.28. The van der Waals surface area contributed by atoms with Gasteiger partial charge in [-0.15, -0.1) is 0 Å². The molecule has 8 heteroatoms. The monoisotopic (exact) mass is 378 g/mol. The number of hydrogen-bond acceptors (Lipinski definition) is 5. The predicted molar refractivity (Wildman–Crippen MR) is 95.2 cm³/mol. The van der Waals surface area contributed by atoms with Crippen LogP contribution in [-0.2, 0) is 11.3 Å². The lowest BCUT2D eigenvalue weighted by molar-refractivity contribution is -0.117. The molecule has 1 heterocycles. The molecule has 0 saturated carbocycles. The van der Waals surface area contributed by atoms with Gasteiger partial charge >= 0.3 is 6.61 Å². The number of nitrogens with zero attached hydrogens (tertiary/aromatic N) is 1. The Bertz CT molecular complexity index is 784. The Morgan fingerprint density at radius 3 is 2.63 bits per heavy atom. The van der Waals surface area contributed by atoms with Crippen LogP contribution >= 0.6 is 0 Å². The minimum atomic E-state index is -2.88. The number of carbonyl (C=O) groups excluding carboxylic acids is 1. The highest BCUT2D eigenvalue weighted by molar-refractivity contribution is 5.92. The van der Waals surface area contributed by atoms with Gasteiger partial charge in [-0.3, -0.25) is 9.69 Å². The number of ether oxygens (including phenoxy) is 3. The van der Waals surface area contributed by atoms with Crippen molar-refractivity contribution >= 4 is 11.6 Å². The van der Waals surface area contributed by atoms with Gasteiger partial charge in [0.05, 0.1) is 6.54 Å². The molecule has 27 heavy (non-hydrogen) atoms. The van der Waals surface area contributed by atoms with Crippen LogP contribution in [0.15, 0.2) is 42.5 Å². The normalized spacial score (nSPS) is 12.5. The van der Waals surface area contributed by atoms with E-state index < -0.39 is 6.61 Å². The van der Waals surface area contributed by atoms with Gasteiger partial charge in [-0.1, -0.05) is 13.0 Å². The molecule has 0 aromatic heterocycles. The first-order valence-electron chi connectivity index (χ1n) is 8.49. The molecule has 0 radical (unpaired) electrons. The number of alkyl halides is 2. The highest BCUT2D eigenvalue weighted by atomic mass is 19.3. The number of likely N-dealkylation sites (N-methyl/N-ethyl adjacent to an activating group) is 1. The summed E-state index contributed by atoms with van der Waals surface area (Å²) in [6, 6.07) is 11.5. The largest absolute Gasteiger partial charge is 0.454 e. The summed E-state index contributed by atoms with van der Waals surface area (Å²) >= 11 is 0. The van der Waals surface area contributed by atoms with Crippen molar-refractivity contribution < 1.29 is 27.8 Å². The molecular formula is C19H20F2N2O4. The average molecular weight is 378 g/mol. The number of anilines is 1. The van der Waals surface area contributed by atoms with Gasteiger partial charge in [-0.2, -0.15) is 8.78 Å². The highest BCUT2D eigenvalue weighted by Crippen LogP contribution is 2.32. The first kappa shape index (κ1) is 18.9. The lowest BCUT2D eigenvalue weighted by Gasteiger charge is -2.20. The number of rotatable bonds is 8. The van der Waals surface area contributed by atoms with Crippen molar-refractivity contribution in [2.75, 3.05) is 25.2 Å². The van der Waals surface area contributed by atoms with Crippen molar-refractivity contribution in [3.63, 3.8) is 0 Å². The second kappa shape index (κ2) is 8.68. The van der Waals surface area contributed by atoms with Gasteiger partial charge in [-0.25, -0.2) is 0 Å². The van der Waals surface area contributed by atoms with Crippen LogP contribution in [0.4, 0.5) is 14.5 Å². The summed E-state index contributed by atoms with van der Waals surface area (Å²) in [5, 5.41) is 2.75. The maximum Gasteiger partial charge on any atom is 0.387 e. The first-order chi connectivity index (χ1) is 13.0. The molecule has 0 atom stereocenters. The van der Waals surface area contributed by atoms with E-state index in [0.29, 0.717) is 24.5 Å². The zero-order valence-corrected chi connectivity index (χ0v) is 14.8. The molecule has 1 aliphatic heterocycles. The zero-order valence-electron chi connectivity index (χ0n) is 14.8. The van der Waals surface area contributed by atoms with Crippen molar-refractivity contribution in [3.8, 4) is 17.2 Å². The second-order valence-electron chi connectivity index (χ2n) is 5.94. The maximum atomic E-state index is 12.3. The summed E-state index contributed by atoms with van der Waals surface area (Å²) in [6.07, 6.45) is 0. The minimum Gasteiger partial charge on any atom is -0.454 e. The topological polar surface area (TPSA) is 60.0 Å². The molecule has 1 N–H and O–H groups in total. The number of amides is 1. The number of benzene rings is 2. The van der Waals surface area contributed by atoms with E-state index in [1.54, 1.807) is 0 Å². The van der Waals surface area contributed by atoms with E-state index in [2.05, 4.69) is 10.1 Å². The van der Waals surface area contributed by atoms with Crippen LogP contribution < -0.4 is 19.5 Å². The number of nitrogens with one attached hydrogen (secondary N) is 1. The van der Waals surface area contributed by atoms with Crippen molar-refractivity contribution in [1.29, 1.82) is 0 Å². The Kier molecular flexibility index (Phi) is 6.08. The fourth-order valence-corrected chi connectivity index (χ4v) is 2.70. The number of hydrogen-bond donors (Lipinski definition) is 1. The molecule has 0 saturated heterocycles. The van der Waals surface area contributed by atoms with Crippen molar-refractivity contribution in [3.05, 3.63) is 48.0 Å². The van der Waals surface area contributed by atoms with E-state index in [-0.39, 0.29) is 25.0 Å². The third kappa shape index (κ3) is 5.30. The maximum absolute atomic E-state index is 12.3. The molecule has 2 aromatic rings. The summed E-state index contributed by atoms with van der Waals surface area (Å²) in [7, 11) is 0. The molecule has 0 aliphatic carbocycles. The number of halogens is 2. The Balaban J connectivity index is 1.53. The Morgan fingerprint density at radius 2 is 1.93 bits per heavy atom. The minimum absolute atomic E-state index is 0.0426. The van der Waals surface area contributed by atoms with Crippen LogP contribution in [0.1, 0.15) is 12.5 Å². The van der Waals surface area contributed by atoms with Crippen LogP contribution in [0.5, 0.6) is 17.2 Å². The highest BCUT2D eigenvalue weighted by Gasteiger charge is 2.15. The van der Waals surface area contributed by atoms with E-state index in [9.17, 15) is 13.6 Å². The SMILES string of the molecule is CCN(CC(=O)Nc1ccc(OC(F)F)cc1)Cc1ccc2c(c1)OCO2.